The van der Waals surface area contributed by atoms with Crippen LogP contribution >= 0.6 is 0 Å². The van der Waals surface area contributed by atoms with Gasteiger partial charge in [-0.25, -0.2) is 0 Å². The lowest BCUT2D eigenvalue weighted by atomic mass is 10.1. The molecule has 1 aliphatic rings. The number of allylic oxidation sites excluding steroid dienone is 2. The lowest BCUT2D eigenvalue weighted by molar-refractivity contribution is -0.122. The molecule has 17 heavy (non-hydrogen) atoms. The maximum absolute atomic E-state index is 11.5. The van der Waals surface area contributed by atoms with E-state index in [1.54, 1.807) is 0 Å². The van der Waals surface area contributed by atoms with E-state index in [1.807, 2.05) is 19.1 Å². The number of nitrogens with one attached hydrogen (secondary N) is 2. The average Bonchev–Trinajstić information content (AvgIpc) is 2.28. The molecule has 1 rings (SSSR count). The third kappa shape index (κ3) is 6.89. The van der Waals surface area contributed by atoms with Crippen molar-refractivity contribution in [3.63, 3.8) is 0 Å². The van der Waals surface area contributed by atoms with Crippen LogP contribution in [0, 0.1) is 0 Å². The summed E-state index contributed by atoms with van der Waals surface area (Å²) in [4.78, 5) is 22.9. The molecule has 1 amide bonds. The Kier molecular flexibility index (Phi) is 6.55. The summed E-state index contributed by atoms with van der Waals surface area (Å²) in [6.07, 6.45) is 7.48. The molecule has 0 spiro atoms. The number of hydrogen-bond acceptors (Lipinski definition) is 3. The SMILES string of the molecule is CC1CCNCC(=O)CC/C=C\CCC(=O)N1. The first-order valence-corrected chi connectivity index (χ1v) is 6.35. The fourth-order valence-electron chi connectivity index (χ4n) is 1.75. The summed E-state index contributed by atoms with van der Waals surface area (Å²) in [7, 11) is 0. The van der Waals surface area contributed by atoms with Gasteiger partial charge < -0.3 is 10.6 Å². The lowest BCUT2D eigenvalue weighted by Gasteiger charge is -2.14. The van der Waals surface area contributed by atoms with E-state index in [2.05, 4.69) is 10.6 Å². The van der Waals surface area contributed by atoms with Crippen LogP contribution in [0.5, 0.6) is 0 Å². The zero-order chi connectivity index (χ0) is 12.5. The van der Waals surface area contributed by atoms with Gasteiger partial charge in [0.05, 0.1) is 6.54 Å². The van der Waals surface area contributed by atoms with Gasteiger partial charge in [0, 0.05) is 18.9 Å². The molecular formula is C13H22N2O2. The van der Waals surface area contributed by atoms with E-state index in [4.69, 9.17) is 0 Å². The predicted octanol–water partition coefficient (Wildman–Crippen LogP) is 1.17. The summed E-state index contributed by atoms with van der Waals surface area (Å²) in [6, 6.07) is 0.164. The molecular weight excluding hydrogens is 216 g/mol. The molecule has 96 valence electrons. The van der Waals surface area contributed by atoms with Crippen LogP contribution in [0.25, 0.3) is 0 Å². The molecule has 1 heterocycles. The van der Waals surface area contributed by atoms with Crippen molar-refractivity contribution in [3.05, 3.63) is 12.2 Å². The number of carbonyl (C=O) groups is 2. The van der Waals surface area contributed by atoms with Gasteiger partial charge in [-0.1, -0.05) is 12.2 Å². The molecule has 0 radical (unpaired) electrons. The van der Waals surface area contributed by atoms with Gasteiger partial charge in [-0.05, 0) is 32.7 Å². The molecule has 0 aromatic heterocycles. The highest BCUT2D eigenvalue weighted by atomic mass is 16.1. The number of amides is 1. The maximum Gasteiger partial charge on any atom is 0.220 e. The van der Waals surface area contributed by atoms with Crippen molar-refractivity contribution in [2.45, 2.75) is 45.1 Å². The number of rotatable bonds is 0. The molecule has 4 heteroatoms. The third-order valence-corrected chi connectivity index (χ3v) is 2.78. The molecule has 0 bridgehead atoms. The highest BCUT2D eigenvalue weighted by Gasteiger charge is 2.07. The second-order valence-electron chi connectivity index (χ2n) is 4.52. The first-order valence-electron chi connectivity index (χ1n) is 6.35. The van der Waals surface area contributed by atoms with Crippen molar-refractivity contribution >= 4 is 11.7 Å². The summed E-state index contributed by atoms with van der Waals surface area (Å²) < 4.78 is 0. The molecule has 4 nitrogen and oxygen atoms in total. The van der Waals surface area contributed by atoms with Gasteiger partial charge in [0.2, 0.25) is 5.91 Å². The van der Waals surface area contributed by atoms with E-state index in [9.17, 15) is 9.59 Å². The third-order valence-electron chi connectivity index (χ3n) is 2.78. The molecule has 0 saturated heterocycles. The molecule has 1 unspecified atom stereocenters. The average molecular weight is 238 g/mol. The van der Waals surface area contributed by atoms with Crippen LogP contribution in [-0.2, 0) is 9.59 Å². The Morgan fingerprint density at radius 3 is 2.65 bits per heavy atom. The topological polar surface area (TPSA) is 58.2 Å². The van der Waals surface area contributed by atoms with Crippen molar-refractivity contribution in [2.24, 2.45) is 0 Å². The van der Waals surface area contributed by atoms with E-state index in [0.29, 0.717) is 19.4 Å². The summed E-state index contributed by atoms with van der Waals surface area (Å²) in [5, 5.41) is 6.06. The van der Waals surface area contributed by atoms with Crippen LogP contribution in [0.3, 0.4) is 0 Å². The van der Waals surface area contributed by atoms with Crippen molar-refractivity contribution in [1.29, 1.82) is 0 Å². The van der Waals surface area contributed by atoms with Gasteiger partial charge in [-0.2, -0.15) is 0 Å². The van der Waals surface area contributed by atoms with Crippen LogP contribution in [0.1, 0.15) is 39.0 Å². The highest BCUT2D eigenvalue weighted by Crippen LogP contribution is 1.99. The van der Waals surface area contributed by atoms with Crippen LogP contribution in [0.15, 0.2) is 12.2 Å². The Morgan fingerprint density at radius 1 is 1.18 bits per heavy atom. The molecule has 0 saturated carbocycles. The van der Waals surface area contributed by atoms with Crippen molar-refractivity contribution in [1.82, 2.24) is 10.6 Å². The van der Waals surface area contributed by atoms with Crippen LogP contribution in [0.4, 0.5) is 0 Å². The molecule has 0 aliphatic carbocycles. The summed E-state index contributed by atoms with van der Waals surface area (Å²) in [5.41, 5.74) is 0. The Labute approximate surface area is 103 Å². The molecule has 0 fully saturated rings. The molecule has 0 aromatic rings. The van der Waals surface area contributed by atoms with Crippen molar-refractivity contribution < 1.29 is 9.59 Å². The smallest absolute Gasteiger partial charge is 0.220 e. The zero-order valence-corrected chi connectivity index (χ0v) is 10.5. The maximum atomic E-state index is 11.5. The lowest BCUT2D eigenvalue weighted by Crippen LogP contribution is -2.35. The Bertz CT molecular complexity index is 287. The Morgan fingerprint density at radius 2 is 1.88 bits per heavy atom. The minimum absolute atomic E-state index is 0.107. The first kappa shape index (κ1) is 13.9. The highest BCUT2D eigenvalue weighted by molar-refractivity contribution is 5.80. The zero-order valence-electron chi connectivity index (χ0n) is 10.5. The second-order valence-corrected chi connectivity index (χ2v) is 4.52. The number of Topliss-reactive ketones (excluding diaryl/α,β-unsaturated/α-hetero) is 1. The first-order chi connectivity index (χ1) is 8.18. The van der Waals surface area contributed by atoms with Gasteiger partial charge in [0.15, 0.2) is 0 Å². The fourth-order valence-corrected chi connectivity index (χ4v) is 1.75. The summed E-state index contributed by atoms with van der Waals surface area (Å²) >= 11 is 0. The molecule has 1 atom stereocenters. The standard InChI is InChI=1S/C13H22N2O2/c1-11-8-9-14-10-12(16)6-4-2-3-5-7-13(17)15-11/h2-3,11,14H,4-10H2,1H3,(H,15,17)/b3-2-. The minimum atomic E-state index is 0.107. The normalized spacial score (nSPS) is 27.0. The van der Waals surface area contributed by atoms with Crippen molar-refractivity contribution in [2.75, 3.05) is 13.1 Å². The quantitative estimate of drug-likeness (QED) is 0.623. The van der Waals surface area contributed by atoms with Crippen molar-refractivity contribution in [3.8, 4) is 0 Å². The van der Waals surface area contributed by atoms with Crippen LogP contribution < -0.4 is 10.6 Å². The van der Waals surface area contributed by atoms with Crippen LogP contribution in [0.2, 0.25) is 0 Å². The summed E-state index contributed by atoms with van der Waals surface area (Å²) in [6.45, 7) is 3.20. The van der Waals surface area contributed by atoms with E-state index < -0.39 is 0 Å². The second kappa shape index (κ2) is 8.01. The van der Waals surface area contributed by atoms with Gasteiger partial charge in [0.1, 0.15) is 5.78 Å². The van der Waals surface area contributed by atoms with Gasteiger partial charge in [-0.15, -0.1) is 0 Å². The molecule has 1 aliphatic heterocycles. The van der Waals surface area contributed by atoms with Gasteiger partial charge >= 0.3 is 0 Å². The monoisotopic (exact) mass is 238 g/mol. The van der Waals surface area contributed by atoms with E-state index in [-0.39, 0.29) is 17.7 Å². The van der Waals surface area contributed by atoms with E-state index >= 15 is 0 Å². The van der Waals surface area contributed by atoms with Gasteiger partial charge in [0.25, 0.3) is 0 Å². The fraction of sp³-hybridized carbons (Fsp3) is 0.692. The Balaban J connectivity index is 2.42. The largest absolute Gasteiger partial charge is 0.354 e. The summed E-state index contributed by atoms with van der Waals surface area (Å²) in [5.74, 6) is 0.360. The van der Waals surface area contributed by atoms with E-state index in [1.165, 1.54) is 0 Å². The predicted molar refractivity (Wildman–Crippen MR) is 67.7 cm³/mol. The number of hydrogen-bond donors (Lipinski definition) is 2. The number of carbonyl (C=O) groups excluding carboxylic acids is 2. The minimum Gasteiger partial charge on any atom is -0.354 e. The number of ketones is 1. The molecule has 2 N–H and O–H groups in total. The van der Waals surface area contributed by atoms with E-state index in [0.717, 1.165) is 25.8 Å². The molecule has 0 aromatic carbocycles. The van der Waals surface area contributed by atoms with Crippen LogP contribution in [-0.4, -0.2) is 30.8 Å². The Hall–Kier alpha value is -1.16. The van der Waals surface area contributed by atoms with Gasteiger partial charge in [-0.3, -0.25) is 9.59 Å².